The first-order chi connectivity index (χ1) is 15.8. The molecule has 33 heavy (non-hydrogen) atoms. The van der Waals surface area contributed by atoms with Crippen LogP contribution in [0.4, 0.5) is 0 Å². The Bertz CT molecular complexity index is 1390. The topological polar surface area (TPSA) is 120 Å². The van der Waals surface area contributed by atoms with Crippen molar-refractivity contribution < 1.29 is 15.0 Å². The molecule has 8 nitrogen and oxygen atoms in total. The van der Waals surface area contributed by atoms with E-state index in [1.807, 2.05) is 37.4 Å². The van der Waals surface area contributed by atoms with E-state index in [-0.39, 0.29) is 6.04 Å². The summed E-state index contributed by atoms with van der Waals surface area (Å²) in [5.41, 5.74) is 3.36. The number of aromatic nitrogens is 3. The van der Waals surface area contributed by atoms with Gasteiger partial charge >= 0.3 is 5.97 Å². The van der Waals surface area contributed by atoms with Gasteiger partial charge in [-0.25, -0.2) is 4.79 Å². The lowest BCUT2D eigenvalue weighted by atomic mass is 9.99. The third-order valence-electron chi connectivity index (χ3n) is 6.08. The number of nitrogens with one attached hydrogen (secondary N) is 2. The smallest absolute Gasteiger partial charge is 0.345 e. The normalized spacial score (nSPS) is 12.2. The van der Waals surface area contributed by atoms with Crippen LogP contribution >= 0.6 is 0 Å². The van der Waals surface area contributed by atoms with Crippen LogP contribution in [0.2, 0.25) is 0 Å². The molecule has 8 heteroatoms. The van der Waals surface area contributed by atoms with Crippen molar-refractivity contribution in [2.24, 2.45) is 7.05 Å². The molecule has 170 valence electrons. The van der Waals surface area contributed by atoms with Crippen molar-refractivity contribution in [1.29, 1.82) is 0 Å². The number of hydrogen-bond donors (Lipinski definition) is 4. The standard InChI is InChI=1S/C25H26N4O4/c1-4-19-22(28-24(31)21(23(19)30)25(32)33)16-5-6-20-17(11-16)12-18(29(20)3)13-27-14(2)15-7-9-26-10-8-15/h5-12,14,27H,4,13H2,1-3H3,(H,32,33)(H2,28,30,31). The van der Waals surface area contributed by atoms with Crippen LogP contribution in [0, 0.1) is 0 Å². The molecule has 3 heterocycles. The van der Waals surface area contributed by atoms with Gasteiger partial charge in [0.1, 0.15) is 5.75 Å². The molecule has 0 radical (unpaired) electrons. The van der Waals surface area contributed by atoms with E-state index in [0.717, 1.165) is 22.2 Å². The minimum Gasteiger partial charge on any atom is -0.506 e. The molecule has 1 unspecified atom stereocenters. The maximum Gasteiger partial charge on any atom is 0.345 e. The lowest BCUT2D eigenvalue weighted by Gasteiger charge is -2.14. The SMILES string of the molecule is CCc1c(-c2ccc3c(c2)cc(CNC(C)c2ccncc2)n3C)[nH]c(=O)c(C(=O)O)c1O. The summed E-state index contributed by atoms with van der Waals surface area (Å²) in [4.78, 5) is 30.4. The number of nitrogens with zero attached hydrogens (tertiary/aromatic N) is 2. The van der Waals surface area contributed by atoms with Gasteiger partial charge in [0.2, 0.25) is 0 Å². The van der Waals surface area contributed by atoms with Gasteiger partial charge in [0.15, 0.2) is 5.56 Å². The van der Waals surface area contributed by atoms with E-state index in [0.29, 0.717) is 29.8 Å². The van der Waals surface area contributed by atoms with Crippen LogP contribution in [0.25, 0.3) is 22.2 Å². The average molecular weight is 447 g/mol. The van der Waals surface area contributed by atoms with Crippen molar-refractivity contribution in [2.75, 3.05) is 0 Å². The number of rotatable bonds is 7. The molecule has 0 fully saturated rings. The Hall–Kier alpha value is -3.91. The second-order valence-corrected chi connectivity index (χ2v) is 8.04. The highest BCUT2D eigenvalue weighted by Gasteiger charge is 2.22. The summed E-state index contributed by atoms with van der Waals surface area (Å²) in [5.74, 6) is -1.93. The Labute approximate surface area is 190 Å². The summed E-state index contributed by atoms with van der Waals surface area (Å²) in [5, 5.41) is 24.2. The van der Waals surface area contributed by atoms with E-state index in [1.54, 1.807) is 19.3 Å². The van der Waals surface area contributed by atoms with E-state index in [9.17, 15) is 19.8 Å². The molecule has 0 spiro atoms. The van der Waals surface area contributed by atoms with Crippen molar-refractivity contribution in [1.82, 2.24) is 19.9 Å². The fourth-order valence-corrected chi connectivity index (χ4v) is 4.18. The highest BCUT2D eigenvalue weighted by atomic mass is 16.4. The Morgan fingerprint density at radius 2 is 1.94 bits per heavy atom. The summed E-state index contributed by atoms with van der Waals surface area (Å²) in [7, 11) is 2.00. The molecule has 0 saturated heterocycles. The zero-order chi connectivity index (χ0) is 23.7. The van der Waals surface area contributed by atoms with Crippen molar-refractivity contribution in [3.63, 3.8) is 0 Å². The second kappa shape index (κ2) is 8.91. The number of fused-ring (bicyclic) bond motifs is 1. The maximum atomic E-state index is 12.3. The van der Waals surface area contributed by atoms with E-state index >= 15 is 0 Å². The van der Waals surface area contributed by atoms with E-state index in [4.69, 9.17) is 0 Å². The highest BCUT2D eigenvalue weighted by Crippen LogP contribution is 2.32. The number of H-pyrrole nitrogens is 1. The molecule has 1 aromatic carbocycles. The monoisotopic (exact) mass is 446 g/mol. The van der Waals surface area contributed by atoms with Crippen molar-refractivity contribution in [3.8, 4) is 17.0 Å². The number of aryl methyl sites for hydroxylation is 1. The third-order valence-corrected chi connectivity index (χ3v) is 6.08. The fourth-order valence-electron chi connectivity index (χ4n) is 4.18. The van der Waals surface area contributed by atoms with Crippen LogP contribution in [0.1, 0.15) is 47.1 Å². The summed E-state index contributed by atoms with van der Waals surface area (Å²) in [6.45, 7) is 4.57. The molecule has 0 saturated carbocycles. The van der Waals surface area contributed by atoms with Crippen molar-refractivity contribution in [3.05, 3.63) is 81.5 Å². The first-order valence-corrected chi connectivity index (χ1v) is 10.7. The molecule has 0 aliphatic carbocycles. The van der Waals surface area contributed by atoms with Crippen molar-refractivity contribution in [2.45, 2.75) is 32.9 Å². The van der Waals surface area contributed by atoms with Crippen molar-refractivity contribution >= 4 is 16.9 Å². The van der Waals surface area contributed by atoms with Gasteiger partial charge in [0, 0.05) is 54.2 Å². The number of aromatic amines is 1. The predicted molar refractivity (Wildman–Crippen MR) is 126 cm³/mol. The Kier molecular flexibility index (Phi) is 6.02. The lowest BCUT2D eigenvalue weighted by Crippen LogP contribution is -2.20. The Balaban J connectivity index is 1.69. The first kappa shape index (κ1) is 22.3. The van der Waals surface area contributed by atoms with Gasteiger partial charge in [-0.3, -0.25) is 9.78 Å². The van der Waals surface area contributed by atoms with Crippen LogP contribution < -0.4 is 10.9 Å². The zero-order valence-corrected chi connectivity index (χ0v) is 18.7. The molecule has 3 aromatic heterocycles. The Morgan fingerprint density at radius 3 is 2.61 bits per heavy atom. The number of aromatic hydroxyl groups is 1. The minimum absolute atomic E-state index is 0.162. The second-order valence-electron chi connectivity index (χ2n) is 8.04. The molecule has 1 atom stereocenters. The fraction of sp³-hybridized carbons (Fsp3) is 0.240. The molecule has 4 rings (SSSR count). The lowest BCUT2D eigenvalue weighted by molar-refractivity contribution is 0.0691. The zero-order valence-electron chi connectivity index (χ0n) is 18.7. The van der Waals surface area contributed by atoms with Crippen LogP contribution in [0.3, 0.4) is 0 Å². The number of carboxylic acids is 1. The number of carboxylic acid groups (broad SMARTS) is 1. The first-order valence-electron chi connectivity index (χ1n) is 10.7. The number of pyridine rings is 2. The average Bonchev–Trinajstić information content (AvgIpc) is 3.12. The molecular formula is C25H26N4O4. The largest absolute Gasteiger partial charge is 0.506 e. The number of carbonyl (C=O) groups is 1. The molecule has 0 amide bonds. The number of hydrogen-bond acceptors (Lipinski definition) is 5. The summed E-state index contributed by atoms with van der Waals surface area (Å²) < 4.78 is 2.11. The van der Waals surface area contributed by atoms with E-state index < -0.39 is 22.8 Å². The molecule has 0 aliphatic heterocycles. The van der Waals surface area contributed by atoms with Crippen LogP contribution in [-0.2, 0) is 20.0 Å². The quantitative estimate of drug-likeness (QED) is 0.343. The summed E-state index contributed by atoms with van der Waals surface area (Å²) in [6, 6.07) is 12.0. The molecular weight excluding hydrogens is 420 g/mol. The molecule has 4 N–H and O–H groups in total. The van der Waals surface area contributed by atoms with Gasteiger partial charge < -0.3 is 25.1 Å². The van der Waals surface area contributed by atoms with Gasteiger partial charge in [-0.05, 0) is 54.8 Å². The van der Waals surface area contributed by atoms with Gasteiger partial charge in [0.05, 0.1) is 5.69 Å². The summed E-state index contributed by atoms with van der Waals surface area (Å²) in [6.07, 6.45) is 3.93. The molecule has 0 bridgehead atoms. The van der Waals surface area contributed by atoms with Gasteiger partial charge in [-0.2, -0.15) is 0 Å². The number of benzene rings is 1. The van der Waals surface area contributed by atoms with E-state index in [1.165, 1.54) is 0 Å². The van der Waals surface area contributed by atoms with E-state index in [2.05, 4.69) is 32.8 Å². The molecule has 0 aliphatic rings. The van der Waals surface area contributed by atoms with Crippen LogP contribution in [0.15, 0.2) is 53.6 Å². The Morgan fingerprint density at radius 1 is 1.21 bits per heavy atom. The minimum atomic E-state index is -1.45. The summed E-state index contributed by atoms with van der Waals surface area (Å²) >= 11 is 0. The third kappa shape index (κ3) is 4.12. The highest BCUT2D eigenvalue weighted by molar-refractivity contribution is 5.92. The molecule has 4 aromatic rings. The maximum absolute atomic E-state index is 12.3. The van der Waals surface area contributed by atoms with Crippen LogP contribution in [-0.4, -0.2) is 30.7 Å². The number of aromatic carboxylic acids is 1. The van der Waals surface area contributed by atoms with Gasteiger partial charge in [0.25, 0.3) is 5.56 Å². The predicted octanol–water partition coefficient (Wildman–Crippen LogP) is 3.75. The van der Waals surface area contributed by atoms with Gasteiger partial charge in [-0.1, -0.05) is 13.0 Å². The van der Waals surface area contributed by atoms with Crippen LogP contribution in [0.5, 0.6) is 5.75 Å². The van der Waals surface area contributed by atoms with Gasteiger partial charge in [-0.15, -0.1) is 0 Å².